The van der Waals surface area contributed by atoms with Crippen LogP contribution in [0.3, 0.4) is 0 Å². The van der Waals surface area contributed by atoms with E-state index in [0.29, 0.717) is 0 Å². The molecule has 0 saturated heterocycles. The topological polar surface area (TPSA) is 94.5 Å². The van der Waals surface area contributed by atoms with E-state index in [-0.39, 0.29) is 16.4 Å². The van der Waals surface area contributed by atoms with E-state index < -0.39 is 1.60 Å². The van der Waals surface area contributed by atoms with Gasteiger partial charge in [0.1, 0.15) is 0 Å². The minimum atomic E-state index is -1.12. The molecule has 0 bridgehead atoms. The molecule has 56 valence electrons. The van der Waals surface area contributed by atoms with Crippen LogP contribution >= 0.6 is 76.8 Å². The van der Waals surface area contributed by atoms with E-state index in [9.17, 15) is 0 Å². The Balaban J connectivity index is -0.0000000267. The fourth-order valence-electron chi connectivity index (χ4n) is 0. The Morgan fingerprint density at radius 3 is 0.625 bits per heavy atom. The van der Waals surface area contributed by atoms with Crippen molar-refractivity contribution < 1.29 is 18.0 Å². The van der Waals surface area contributed by atoms with Crippen LogP contribution in [0.2, 0.25) is 0 Å². The van der Waals surface area contributed by atoms with E-state index in [2.05, 4.69) is 76.8 Å². The third kappa shape index (κ3) is 55.8. The minimum absolute atomic E-state index is 0. The van der Waals surface area contributed by atoms with Gasteiger partial charge in [0.05, 0.1) is 0 Å². The van der Waals surface area contributed by atoms with Gasteiger partial charge >= 0.3 is 78.4 Å². The quantitative estimate of drug-likeness (QED) is 0.291. The van der Waals surface area contributed by atoms with Crippen molar-refractivity contribution in [3.05, 3.63) is 0 Å². The standard InChI is InChI=1S/4HI.3H2O.Ti/h4*1H;3*1H2;/q;;;;;;;+4/p-4. The van der Waals surface area contributed by atoms with Gasteiger partial charge < -0.3 is 16.4 Å². The van der Waals surface area contributed by atoms with E-state index in [4.69, 9.17) is 0 Å². The van der Waals surface area contributed by atoms with Gasteiger partial charge in [-0.25, -0.2) is 0 Å². The van der Waals surface area contributed by atoms with Crippen LogP contribution < -0.4 is 0 Å². The summed E-state index contributed by atoms with van der Waals surface area (Å²) in [6.07, 6.45) is 0. The van der Waals surface area contributed by atoms with Gasteiger partial charge in [-0.3, -0.25) is 0 Å². The van der Waals surface area contributed by atoms with E-state index >= 15 is 0 Å². The maximum atomic E-state index is 2.53. The van der Waals surface area contributed by atoms with Crippen molar-refractivity contribution in [2.75, 3.05) is 0 Å². The number of hydrogen-bond acceptors (Lipinski definition) is 0. The molecule has 8 heavy (non-hydrogen) atoms. The Morgan fingerprint density at radius 1 is 0.625 bits per heavy atom. The van der Waals surface area contributed by atoms with Gasteiger partial charge in [0, 0.05) is 0 Å². The molecule has 8 heteroatoms. The molecular weight excluding hydrogens is 603 g/mol. The molecule has 0 heterocycles. The van der Waals surface area contributed by atoms with Crippen LogP contribution in [0.5, 0.6) is 0 Å². The van der Waals surface area contributed by atoms with Crippen LogP contribution in [0.25, 0.3) is 0 Å². The molecule has 0 aliphatic heterocycles. The molecule has 0 aliphatic rings. The van der Waals surface area contributed by atoms with Gasteiger partial charge in [0.15, 0.2) is 0 Å². The molecule has 0 saturated carbocycles. The van der Waals surface area contributed by atoms with Crippen molar-refractivity contribution in [2.24, 2.45) is 0 Å². The SMILES string of the molecule is O.O.O.[I][Ti]([I])([I])[I]. The van der Waals surface area contributed by atoms with Crippen LogP contribution in [-0.4, -0.2) is 16.4 Å². The van der Waals surface area contributed by atoms with Crippen LogP contribution in [-0.2, 0) is 1.60 Å². The van der Waals surface area contributed by atoms with Crippen LogP contribution in [0.1, 0.15) is 0 Å². The first-order valence-electron chi connectivity index (χ1n) is 0.756. The zero-order valence-corrected chi connectivity index (χ0v) is 13.7. The Morgan fingerprint density at radius 2 is 0.625 bits per heavy atom. The first-order valence-corrected chi connectivity index (χ1v) is 20.9. The molecule has 3 nitrogen and oxygen atoms in total. The average Bonchev–Trinajstić information content (AvgIpc) is 0.722. The Hall–Kier alpha value is 3.51. The summed E-state index contributed by atoms with van der Waals surface area (Å²) in [6.45, 7) is 0. The zero-order chi connectivity index (χ0) is 4.50. The molecule has 6 N–H and O–H groups in total. The van der Waals surface area contributed by atoms with Crippen molar-refractivity contribution in [1.82, 2.24) is 0 Å². The van der Waals surface area contributed by atoms with Gasteiger partial charge in [-0.1, -0.05) is 0 Å². The zero-order valence-electron chi connectivity index (χ0n) is 3.51. The second-order valence-electron chi connectivity index (χ2n) is 0.429. The Kier molecular flexibility index (Phi) is 29.6. The summed E-state index contributed by atoms with van der Waals surface area (Å²) in [4.78, 5) is 0. The summed E-state index contributed by atoms with van der Waals surface area (Å²) in [5.41, 5.74) is 0. The van der Waals surface area contributed by atoms with Crippen LogP contribution in [0.15, 0.2) is 0 Å². The number of rotatable bonds is 0. The fraction of sp³-hybridized carbons (Fsp3) is 0. The average molecular weight is 610 g/mol. The molecule has 0 atom stereocenters. The van der Waals surface area contributed by atoms with Crippen molar-refractivity contribution in [2.45, 2.75) is 0 Å². The summed E-state index contributed by atoms with van der Waals surface area (Å²) in [5.74, 6) is 0. The molecule has 0 radical (unpaired) electrons. The first-order chi connectivity index (χ1) is 2.00. The normalized spacial score (nSPS) is 7.50. The predicted molar refractivity (Wildman–Crippen MR) is 66.9 cm³/mol. The van der Waals surface area contributed by atoms with Crippen LogP contribution in [0.4, 0.5) is 0 Å². The third-order valence-corrected chi connectivity index (χ3v) is 0. The summed E-state index contributed by atoms with van der Waals surface area (Å²) >= 11 is 10.1. The van der Waals surface area contributed by atoms with Crippen molar-refractivity contribution in [3.8, 4) is 0 Å². The summed E-state index contributed by atoms with van der Waals surface area (Å²) in [7, 11) is 0. The molecule has 0 rings (SSSR count). The van der Waals surface area contributed by atoms with Crippen molar-refractivity contribution >= 4 is 76.8 Å². The van der Waals surface area contributed by atoms with E-state index in [1.165, 1.54) is 0 Å². The Bertz CT molecular complexity index is 26.8. The second kappa shape index (κ2) is 10.5. The van der Waals surface area contributed by atoms with Crippen molar-refractivity contribution in [1.29, 1.82) is 0 Å². The molecular formula is H6I4O3Ti. The Labute approximate surface area is 92.1 Å². The predicted octanol–water partition coefficient (Wildman–Crippen LogP) is 1.07. The molecule has 0 amide bonds. The summed E-state index contributed by atoms with van der Waals surface area (Å²) in [5, 5.41) is 0. The van der Waals surface area contributed by atoms with Gasteiger partial charge in [0.25, 0.3) is 0 Å². The van der Waals surface area contributed by atoms with Crippen LogP contribution in [0, 0.1) is 0 Å². The fourth-order valence-corrected chi connectivity index (χ4v) is 0. The van der Waals surface area contributed by atoms with Gasteiger partial charge in [0.2, 0.25) is 0 Å². The van der Waals surface area contributed by atoms with Gasteiger partial charge in [-0.15, -0.1) is 0 Å². The van der Waals surface area contributed by atoms with Crippen molar-refractivity contribution in [3.63, 3.8) is 0 Å². The van der Waals surface area contributed by atoms with Gasteiger partial charge in [-0.2, -0.15) is 0 Å². The molecule has 0 aliphatic carbocycles. The molecule has 0 spiro atoms. The monoisotopic (exact) mass is 610 g/mol. The van der Waals surface area contributed by atoms with Gasteiger partial charge in [-0.05, 0) is 0 Å². The maximum absolute atomic E-state index is 2.53. The second-order valence-corrected chi connectivity index (χ2v) is 79.5. The first kappa shape index (κ1) is 22.5. The number of halogens is 4. The molecule has 0 unspecified atom stereocenters. The van der Waals surface area contributed by atoms with E-state index in [1.807, 2.05) is 0 Å². The summed E-state index contributed by atoms with van der Waals surface area (Å²) in [6, 6.07) is 0. The molecule has 0 aromatic rings. The third-order valence-electron chi connectivity index (χ3n) is 0. The van der Waals surface area contributed by atoms with E-state index in [0.717, 1.165) is 0 Å². The molecule has 0 aromatic heterocycles. The van der Waals surface area contributed by atoms with E-state index in [1.54, 1.807) is 0 Å². The molecule has 0 fully saturated rings. The number of hydrogen-bond donors (Lipinski definition) is 0. The molecule has 0 aromatic carbocycles. The summed E-state index contributed by atoms with van der Waals surface area (Å²) < 4.78 is -1.12.